The van der Waals surface area contributed by atoms with Crippen molar-refractivity contribution in [1.82, 2.24) is 19.6 Å². The quantitative estimate of drug-likeness (QED) is 0.120. The third-order valence-electron chi connectivity index (χ3n) is 30.1. The van der Waals surface area contributed by atoms with Gasteiger partial charge in [-0.2, -0.15) is 0 Å². The summed E-state index contributed by atoms with van der Waals surface area (Å²) >= 11 is 0. The van der Waals surface area contributed by atoms with E-state index in [9.17, 15) is 24.3 Å². The zero-order valence-corrected chi connectivity index (χ0v) is 66.6. The second kappa shape index (κ2) is 27.8. The molecule has 0 bridgehead atoms. The number of allylic oxidation sites excluding steroid dienone is 1. The SMILES string of the molecule is CC1CCC2(CC1)Cc1ccc(C#CC3CC3)cc1[C@@]21N=C(N)N(C)C1=O.CC1CCC2(CC1)Cc1ccc(C#CC3CC3)cc1[C@]21N=C(N)N(C)C1=O.CC1CCC2(CC1)Cc1ccc(C3=CC(O)CC3)cc1C21N=C(N)N(C)C1=O.COC1CCC2(CC1)Cc1ccc(OC3CCCC3)cc1C21N=C(N)N(C)C1=O. The lowest BCUT2D eigenvalue weighted by Crippen LogP contribution is -2.51. The van der Waals surface area contributed by atoms with Crippen LogP contribution in [0.15, 0.2) is 98.8 Å². The molecular weight excluding hydrogens is 1390 g/mol. The van der Waals surface area contributed by atoms with Crippen molar-refractivity contribution in [2.75, 3.05) is 35.3 Å². The van der Waals surface area contributed by atoms with E-state index in [1.807, 2.05) is 6.08 Å². The smallest absolute Gasteiger partial charge is 0.262 e. The molecule has 8 spiro atoms. The van der Waals surface area contributed by atoms with Gasteiger partial charge < -0.3 is 37.5 Å². The van der Waals surface area contributed by atoms with Crippen LogP contribution in [0.1, 0.15) is 249 Å². The lowest BCUT2D eigenvalue weighted by Gasteiger charge is -2.45. The molecule has 19 nitrogen and oxygen atoms in total. The van der Waals surface area contributed by atoms with Crippen LogP contribution in [0.5, 0.6) is 5.75 Å². The van der Waals surface area contributed by atoms with Gasteiger partial charge in [-0.05, 0) is 270 Å². The first-order chi connectivity index (χ1) is 53.2. The number of fused-ring (bicyclic) bond motifs is 12. The zero-order valence-electron chi connectivity index (χ0n) is 66.6. The molecule has 584 valence electrons. The molecule has 9 N–H and O–H groups in total. The molecule has 20 rings (SSSR count). The Morgan fingerprint density at radius 1 is 0.423 bits per heavy atom. The number of hydrogen-bond donors (Lipinski definition) is 5. The number of benzene rings is 4. The maximum Gasteiger partial charge on any atom is 0.262 e. The summed E-state index contributed by atoms with van der Waals surface area (Å²) in [7, 11) is 8.76. The fourth-order valence-electron chi connectivity index (χ4n) is 22.9. The summed E-state index contributed by atoms with van der Waals surface area (Å²) in [6, 6.07) is 25.6. The van der Waals surface area contributed by atoms with Crippen molar-refractivity contribution in [3.63, 3.8) is 0 Å². The van der Waals surface area contributed by atoms with Gasteiger partial charge in [-0.1, -0.05) is 119 Å². The van der Waals surface area contributed by atoms with Gasteiger partial charge in [0.25, 0.3) is 23.6 Å². The number of aliphatic imine (C=N–C) groups is 4. The van der Waals surface area contributed by atoms with Gasteiger partial charge >= 0.3 is 0 Å². The fraction of sp³-hybridized carbons (Fsp3) is 0.587. The lowest BCUT2D eigenvalue weighted by atomic mass is 9.60. The molecule has 16 aliphatic rings. The molecule has 0 saturated heterocycles. The number of nitrogens with zero attached hydrogens (tertiary/aromatic N) is 8. The Labute approximate surface area is 655 Å². The van der Waals surface area contributed by atoms with E-state index in [1.54, 1.807) is 50.0 Å². The molecule has 4 amide bonds. The minimum absolute atomic E-state index is 0.00244. The monoisotopic (exact) mass is 1500 g/mol. The average molecular weight is 1500 g/mol. The van der Waals surface area contributed by atoms with Crippen molar-refractivity contribution in [3.05, 3.63) is 140 Å². The highest BCUT2D eigenvalue weighted by Gasteiger charge is 2.70. The normalized spacial score (nSPS) is 35.1. The number of methoxy groups -OCH3 is 1. The number of guanidine groups is 4. The van der Waals surface area contributed by atoms with Gasteiger partial charge in [0.1, 0.15) is 5.75 Å². The van der Waals surface area contributed by atoms with Gasteiger partial charge in [-0.25, -0.2) is 20.0 Å². The number of carbonyl (C=O) groups excluding carboxylic acids is 4. The average Bonchev–Trinajstić information content (AvgIpc) is 1.55. The second-order valence-electron chi connectivity index (χ2n) is 36.8. The molecule has 111 heavy (non-hydrogen) atoms. The van der Waals surface area contributed by atoms with Crippen molar-refractivity contribution >= 4 is 53.0 Å². The zero-order chi connectivity index (χ0) is 77.5. The first-order valence-corrected chi connectivity index (χ1v) is 41.9. The Balaban J connectivity index is 0.000000108. The van der Waals surface area contributed by atoms with Gasteiger partial charge in [0.2, 0.25) is 0 Å². The summed E-state index contributed by atoms with van der Waals surface area (Å²) < 4.78 is 11.9. The summed E-state index contributed by atoms with van der Waals surface area (Å²) in [5.74, 6) is 18.9. The lowest BCUT2D eigenvalue weighted by molar-refractivity contribution is -0.137. The summed E-state index contributed by atoms with van der Waals surface area (Å²) in [5, 5.41) is 9.92. The second-order valence-corrected chi connectivity index (χ2v) is 36.8. The standard InChI is InChI=1S/C23H31N3O3.C23H29N3O2.2C23H27N3O/c1-26-20(27)23(25-21(26)24)19-13-18(29-17-5-3-4-6-17)8-7-15(19)14-22(23)11-9-16(28-2)10-12-22;1-14-7-9-22(10-8-14)13-17-4-3-16(15-5-6-18(27)11-15)12-19(17)23(22)20(28)26(2)21(24)25-23;2*1-15-9-11-22(12-10-15)14-18-8-7-17(6-5-16-3-4-16)13-19(18)23(22)20(27)26(2)21(24)25-23/h7-8,13,16-17H,3-6,9-12,14H2,1-2H3,(H2,24,25);3-4,11-12,14,18,27H,5-10,13H2,1-2H3,(H2,24,25);2*7-8,13,15-16H,3-4,9-12,14H2,1-2H3,(H2,24,25)/t;;2*15?,22?,23-/m..10/s1. The van der Waals surface area contributed by atoms with Crippen LogP contribution in [0, 0.1) is 74.9 Å². The first-order valence-electron chi connectivity index (χ1n) is 41.9. The van der Waals surface area contributed by atoms with E-state index in [2.05, 4.69) is 117 Å². The van der Waals surface area contributed by atoms with Gasteiger partial charge in [0.05, 0.1) is 18.3 Å². The largest absolute Gasteiger partial charge is 0.490 e. The van der Waals surface area contributed by atoms with Gasteiger partial charge in [-0.15, -0.1) is 0 Å². The van der Waals surface area contributed by atoms with Gasteiger partial charge in [0, 0.05) is 79.9 Å². The first kappa shape index (κ1) is 74.9. The summed E-state index contributed by atoms with van der Waals surface area (Å²) in [4.78, 5) is 80.1. The van der Waals surface area contributed by atoms with Crippen LogP contribution in [-0.4, -0.2) is 126 Å². The van der Waals surface area contributed by atoms with E-state index in [1.165, 1.54) is 71.3 Å². The van der Waals surface area contributed by atoms with Gasteiger partial charge in [-0.3, -0.25) is 38.8 Å². The highest BCUT2D eigenvalue weighted by Crippen LogP contribution is 2.67. The summed E-state index contributed by atoms with van der Waals surface area (Å²) in [5.41, 5.74) is 33.9. The van der Waals surface area contributed by atoms with E-state index < -0.39 is 22.2 Å². The Morgan fingerprint density at radius 2 is 0.766 bits per heavy atom. The summed E-state index contributed by atoms with van der Waals surface area (Å²) in [6.45, 7) is 6.93. The van der Waals surface area contributed by atoms with Crippen molar-refractivity contribution in [3.8, 4) is 29.4 Å². The van der Waals surface area contributed by atoms with Crippen LogP contribution >= 0.6 is 0 Å². The van der Waals surface area contributed by atoms with Crippen molar-refractivity contribution in [2.24, 2.45) is 94.2 Å². The molecule has 4 aromatic rings. The molecule has 3 unspecified atom stereocenters. The van der Waals surface area contributed by atoms with Crippen LogP contribution in [0.2, 0.25) is 0 Å². The number of aliphatic hydroxyl groups is 1. The molecule has 0 radical (unpaired) electrons. The Hall–Kier alpha value is -8.78. The molecule has 4 aliphatic heterocycles. The van der Waals surface area contributed by atoms with E-state index in [0.29, 0.717) is 53.4 Å². The van der Waals surface area contributed by atoms with Crippen LogP contribution in [0.4, 0.5) is 0 Å². The third-order valence-corrected chi connectivity index (χ3v) is 30.1. The molecule has 4 aromatic carbocycles. The molecule has 5 atom stereocenters. The topological polar surface area (TPSA) is 273 Å². The Kier molecular flexibility index (Phi) is 18.8. The van der Waals surface area contributed by atoms with Crippen molar-refractivity contribution in [1.29, 1.82) is 0 Å². The molecule has 0 aromatic heterocycles. The van der Waals surface area contributed by atoms with Gasteiger partial charge in [0.15, 0.2) is 46.0 Å². The summed E-state index contributed by atoms with van der Waals surface area (Å²) in [6.07, 6.45) is 33.6. The van der Waals surface area contributed by atoms with E-state index >= 15 is 0 Å². The number of amides is 4. The molecule has 7 saturated carbocycles. The van der Waals surface area contributed by atoms with E-state index in [-0.39, 0.29) is 63.6 Å². The number of hydrogen-bond acceptors (Lipinski definition) is 15. The van der Waals surface area contributed by atoms with Crippen LogP contribution in [-0.2, 0) is 71.8 Å². The van der Waals surface area contributed by atoms with Crippen LogP contribution in [0.3, 0.4) is 0 Å². The number of carbonyl (C=O) groups is 4. The molecule has 7 fully saturated rings. The fourth-order valence-corrected chi connectivity index (χ4v) is 22.9. The molecule has 19 heteroatoms. The minimum Gasteiger partial charge on any atom is -0.490 e. The van der Waals surface area contributed by atoms with Crippen LogP contribution in [0.25, 0.3) is 5.57 Å². The predicted molar refractivity (Wildman–Crippen MR) is 432 cm³/mol. The van der Waals surface area contributed by atoms with Crippen molar-refractivity contribution < 1.29 is 33.8 Å². The maximum atomic E-state index is 13.6. The Bertz CT molecular complexity index is 4620. The number of likely N-dealkylation sites (N-methyl/N-ethyl adjacent to an activating group) is 4. The highest BCUT2D eigenvalue weighted by molar-refractivity contribution is 6.11. The number of aliphatic hydroxyl groups excluding tert-OH is 1. The molecule has 12 aliphatic carbocycles. The van der Waals surface area contributed by atoms with E-state index in [4.69, 9.17) is 52.4 Å². The molecular formula is C92H114N12O7. The number of nitrogens with two attached hydrogens (primary N) is 4. The third kappa shape index (κ3) is 11.9. The van der Waals surface area contributed by atoms with E-state index in [0.717, 1.165) is 199 Å². The van der Waals surface area contributed by atoms with Crippen LogP contribution < -0.4 is 27.7 Å². The predicted octanol–water partition coefficient (Wildman–Crippen LogP) is 12.4. The Morgan fingerprint density at radius 3 is 1.10 bits per heavy atom. The number of rotatable bonds is 4. The highest BCUT2D eigenvalue weighted by atomic mass is 16.5. The number of ether oxygens (including phenoxy) is 2. The maximum absolute atomic E-state index is 13.6. The minimum atomic E-state index is -0.922. The van der Waals surface area contributed by atoms with Crippen molar-refractivity contribution in [2.45, 2.75) is 254 Å². The molecule has 4 heterocycles.